The number of ether oxygens (including phenoxy) is 2. The second-order valence-corrected chi connectivity index (χ2v) is 6.52. The number of nitrogens with zero attached hydrogens (tertiary/aromatic N) is 1. The first-order valence-corrected chi connectivity index (χ1v) is 8.75. The Morgan fingerprint density at radius 1 is 1.08 bits per heavy atom. The van der Waals surface area contributed by atoms with Gasteiger partial charge in [0.05, 0.1) is 13.7 Å². The van der Waals surface area contributed by atoms with Crippen molar-refractivity contribution in [3.05, 3.63) is 54.1 Å². The Morgan fingerprint density at radius 2 is 1.73 bits per heavy atom. The molecule has 0 spiro atoms. The van der Waals surface area contributed by atoms with Gasteiger partial charge in [0, 0.05) is 25.3 Å². The van der Waals surface area contributed by atoms with Crippen molar-refractivity contribution >= 4 is 5.91 Å². The fraction of sp³-hybridized carbons (Fsp3) is 0.381. The van der Waals surface area contributed by atoms with Crippen molar-refractivity contribution in [2.45, 2.75) is 32.5 Å². The van der Waals surface area contributed by atoms with Gasteiger partial charge in [-0.3, -0.25) is 4.79 Å². The number of hydrogen-bond acceptors (Lipinski definition) is 4. The molecule has 0 aliphatic carbocycles. The molecule has 0 aliphatic heterocycles. The predicted molar refractivity (Wildman–Crippen MR) is 104 cm³/mol. The van der Waals surface area contributed by atoms with Gasteiger partial charge < -0.3 is 20.1 Å². The third kappa shape index (κ3) is 4.84. The molecule has 5 nitrogen and oxygen atoms in total. The van der Waals surface area contributed by atoms with Gasteiger partial charge in [-0.1, -0.05) is 42.5 Å². The van der Waals surface area contributed by atoms with Crippen molar-refractivity contribution in [1.29, 1.82) is 0 Å². The fourth-order valence-corrected chi connectivity index (χ4v) is 2.85. The number of hydrogen-bond donors (Lipinski definition) is 1. The maximum absolute atomic E-state index is 12.6. The number of methoxy groups -OCH3 is 2. The average Bonchev–Trinajstić information content (AvgIpc) is 2.66. The van der Waals surface area contributed by atoms with Gasteiger partial charge in [0.15, 0.2) is 0 Å². The molecule has 140 valence electrons. The molecule has 2 N–H and O–H groups in total. The highest BCUT2D eigenvalue weighted by molar-refractivity contribution is 5.82. The summed E-state index contributed by atoms with van der Waals surface area (Å²) in [6, 6.07) is 15.5. The summed E-state index contributed by atoms with van der Waals surface area (Å²) in [5, 5.41) is 0. The molecule has 0 heterocycles. The zero-order chi connectivity index (χ0) is 19.1. The van der Waals surface area contributed by atoms with Gasteiger partial charge in [-0.2, -0.15) is 0 Å². The van der Waals surface area contributed by atoms with Gasteiger partial charge in [-0.15, -0.1) is 0 Å². The number of carbonyl (C=O) groups is 1. The molecular weight excluding hydrogens is 328 g/mol. The van der Waals surface area contributed by atoms with E-state index in [-0.39, 0.29) is 18.6 Å². The van der Waals surface area contributed by atoms with E-state index in [1.54, 1.807) is 19.1 Å². The molecule has 1 unspecified atom stereocenters. The molecular formula is C21H28N2O3. The summed E-state index contributed by atoms with van der Waals surface area (Å²) in [5.41, 5.74) is 9.09. The second-order valence-electron chi connectivity index (χ2n) is 6.52. The minimum Gasteiger partial charge on any atom is -0.496 e. The summed E-state index contributed by atoms with van der Waals surface area (Å²) < 4.78 is 10.4. The minimum atomic E-state index is -0.643. The van der Waals surface area contributed by atoms with Crippen LogP contribution in [0.5, 0.6) is 5.75 Å². The number of para-hydroxylation sites is 1. The molecule has 26 heavy (non-hydrogen) atoms. The Hall–Kier alpha value is -2.37. The Morgan fingerprint density at radius 3 is 2.31 bits per heavy atom. The van der Waals surface area contributed by atoms with E-state index in [1.165, 1.54) is 0 Å². The van der Waals surface area contributed by atoms with Crippen molar-refractivity contribution < 1.29 is 14.3 Å². The van der Waals surface area contributed by atoms with Gasteiger partial charge in [-0.25, -0.2) is 0 Å². The van der Waals surface area contributed by atoms with Gasteiger partial charge >= 0.3 is 0 Å². The van der Waals surface area contributed by atoms with Crippen LogP contribution in [0, 0.1) is 0 Å². The molecule has 0 saturated heterocycles. The lowest BCUT2D eigenvalue weighted by molar-refractivity contribution is -0.136. The van der Waals surface area contributed by atoms with E-state index in [2.05, 4.69) is 0 Å². The molecule has 0 bridgehead atoms. The number of benzene rings is 2. The molecule has 5 heteroatoms. The number of carbonyl (C=O) groups excluding carboxylic acids is 1. The normalized spacial score (nSPS) is 12.1. The number of rotatable bonds is 8. The van der Waals surface area contributed by atoms with Crippen LogP contribution >= 0.6 is 0 Å². The van der Waals surface area contributed by atoms with Gasteiger partial charge in [0.1, 0.15) is 11.8 Å². The smallest absolute Gasteiger partial charge is 0.242 e. The number of amides is 1. The summed E-state index contributed by atoms with van der Waals surface area (Å²) in [4.78, 5) is 14.3. The highest BCUT2D eigenvalue weighted by Gasteiger charge is 2.23. The van der Waals surface area contributed by atoms with Crippen LogP contribution in [0.15, 0.2) is 48.5 Å². The SMILES string of the molecule is COCC(N)C(=O)N(Cc1ccc(-c2ccccc2OC)cc1)C(C)C. The standard InChI is InChI=1S/C21H28N2O3/c1-15(2)23(21(24)19(22)14-25-3)13-16-9-11-17(12-10-16)18-7-5-6-8-20(18)26-4/h5-12,15,19H,13-14,22H2,1-4H3. The van der Waals surface area contributed by atoms with E-state index in [9.17, 15) is 4.79 Å². The predicted octanol–water partition coefficient (Wildman–Crippen LogP) is 3.07. The Labute approximate surface area is 155 Å². The van der Waals surface area contributed by atoms with E-state index in [0.29, 0.717) is 6.54 Å². The summed E-state index contributed by atoms with van der Waals surface area (Å²) >= 11 is 0. The van der Waals surface area contributed by atoms with Crippen LogP contribution in [0.3, 0.4) is 0 Å². The Kier molecular flexibility index (Phi) is 7.18. The van der Waals surface area contributed by atoms with Gasteiger partial charge in [0.25, 0.3) is 0 Å². The van der Waals surface area contributed by atoms with E-state index >= 15 is 0 Å². The Bertz CT molecular complexity index is 713. The average molecular weight is 356 g/mol. The first kappa shape index (κ1) is 19.9. The summed E-state index contributed by atoms with van der Waals surface area (Å²) in [6.45, 7) is 4.70. The van der Waals surface area contributed by atoms with Gasteiger partial charge in [-0.05, 0) is 31.0 Å². The van der Waals surface area contributed by atoms with Crippen LogP contribution in [0.2, 0.25) is 0 Å². The fourth-order valence-electron chi connectivity index (χ4n) is 2.85. The zero-order valence-corrected chi connectivity index (χ0v) is 15.9. The molecule has 1 amide bonds. The molecule has 2 rings (SSSR count). The van der Waals surface area contributed by atoms with Crippen LogP contribution < -0.4 is 10.5 Å². The maximum Gasteiger partial charge on any atom is 0.242 e. The first-order chi connectivity index (χ1) is 12.5. The monoisotopic (exact) mass is 356 g/mol. The molecule has 0 fully saturated rings. The lowest BCUT2D eigenvalue weighted by Crippen LogP contribution is -2.48. The molecule has 2 aromatic carbocycles. The van der Waals surface area contributed by atoms with Crippen molar-refractivity contribution in [3.8, 4) is 16.9 Å². The largest absolute Gasteiger partial charge is 0.496 e. The lowest BCUT2D eigenvalue weighted by Gasteiger charge is -2.29. The highest BCUT2D eigenvalue weighted by atomic mass is 16.5. The van der Waals surface area contributed by atoms with Crippen LogP contribution in [0.4, 0.5) is 0 Å². The minimum absolute atomic E-state index is 0.0549. The van der Waals surface area contributed by atoms with Crippen molar-refractivity contribution in [2.24, 2.45) is 5.73 Å². The van der Waals surface area contributed by atoms with E-state index in [4.69, 9.17) is 15.2 Å². The van der Waals surface area contributed by atoms with Gasteiger partial charge in [0.2, 0.25) is 5.91 Å². The summed E-state index contributed by atoms with van der Waals surface area (Å²) in [7, 11) is 3.21. The maximum atomic E-state index is 12.6. The quantitative estimate of drug-likeness (QED) is 0.789. The Balaban J connectivity index is 2.17. The molecule has 0 aromatic heterocycles. The summed E-state index contributed by atoms with van der Waals surface area (Å²) in [6.07, 6.45) is 0. The highest BCUT2D eigenvalue weighted by Crippen LogP contribution is 2.29. The van der Waals surface area contributed by atoms with Crippen LogP contribution in [0.1, 0.15) is 19.4 Å². The number of nitrogens with two attached hydrogens (primary N) is 1. The topological polar surface area (TPSA) is 64.8 Å². The molecule has 2 aromatic rings. The van der Waals surface area contributed by atoms with Crippen LogP contribution in [-0.4, -0.2) is 43.7 Å². The van der Waals surface area contributed by atoms with Crippen molar-refractivity contribution in [3.63, 3.8) is 0 Å². The second kappa shape index (κ2) is 9.36. The molecule has 0 saturated carbocycles. The molecule has 1 atom stereocenters. The van der Waals surface area contributed by atoms with Crippen LogP contribution in [-0.2, 0) is 16.1 Å². The summed E-state index contributed by atoms with van der Waals surface area (Å²) in [5.74, 6) is 0.737. The third-order valence-corrected chi connectivity index (χ3v) is 4.29. The van der Waals surface area contributed by atoms with Crippen LogP contribution in [0.25, 0.3) is 11.1 Å². The zero-order valence-electron chi connectivity index (χ0n) is 15.9. The van der Waals surface area contributed by atoms with E-state index in [1.807, 2.05) is 62.4 Å². The van der Waals surface area contributed by atoms with E-state index in [0.717, 1.165) is 22.4 Å². The lowest BCUT2D eigenvalue weighted by atomic mass is 10.0. The van der Waals surface area contributed by atoms with Crippen molar-refractivity contribution in [2.75, 3.05) is 20.8 Å². The first-order valence-electron chi connectivity index (χ1n) is 8.75. The third-order valence-electron chi connectivity index (χ3n) is 4.29. The molecule has 0 radical (unpaired) electrons. The van der Waals surface area contributed by atoms with Crippen molar-refractivity contribution in [1.82, 2.24) is 4.90 Å². The van der Waals surface area contributed by atoms with E-state index < -0.39 is 6.04 Å². The molecule has 0 aliphatic rings.